The van der Waals surface area contributed by atoms with Gasteiger partial charge in [-0.05, 0) is 43.0 Å². The molecule has 0 amide bonds. The molecule has 2 rings (SSSR count). The standard InChI is InChI=1S/C18H20S3.C2H6/c1-5-8-13-12-18(20-15(13)9-6-2)17-11-10-16(21-17)14(7-3)19-4;1-2/h5,7-12H,1,6H2,2-4H3;1-2H3/b13-8-,14-7-,15-9+;. The summed E-state index contributed by atoms with van der Waals surface area (Å²) in [4.78, 5) is 5.39. The number of thiophene rings is 2. The predicted molar refractivity (Wildman–Crippen MR) is 115 cm³/mol. The molecule has 2 aromatic rings. The fraction of sp³-hybridized carbons (Fsp3) is 0.300. The second-order valence-corrected chi connectivity index (χ2v) is 7.48. The monoisotopic (exact) mass is 362 g/mol. The third-order valence-corrected chi connectivity index (χ3v) is 6.54. The molecular formula is C20H26S3. The Morgan fingerprint density at radius 1 is 1.22 bits per heavy atom. The van der Waals surface area contributed by atoms with Crippen LogP contribution in [0.2, 0.25) is 0 Å². The second-order valence-electron chi connectivity index (χ2n) is 4.47. The Hall–Kier alpha value is -1.03. The molecule has 0 spiro atoms. The molecule has 124 valence electrons. The normalized spacial score (nSPS) is 13.0. The fourth-order valence-corrected chi connectivity index (χ4v) is 5.21. The van der Waals surface area contributed by atoms with Gasteiger partial charge in [-0.3, -0.25) is 0 Å². The minimum absolute atomic E-state index is 1.06. The molecular weight excluding hydrogens is 336 g/mol. The summed E-state index contributed by atoms with van der Waals surface area (Å²) in [6.45, 7) is 12.1. The van der Waals surface area contributed by atoms with Gasteiger partial charge in [-0.25, -0.2) is 0 Å². The third-order valence-electron chi connectivity index (χ3n) is 3.05. The Morgan fingerprint density at radius 2 is 1.96 bits per heavy atom. The maximum atomic E-state index is 3.82. The Morgan fingerprint density at radius 3 is 2.52 bits per heavy atom. The van der Waals surface area contributed by atoms with E-state index in [1.54, 1.807) is 11.8 Å². The maximum absolute atomic E-state index is 3.82. The van der Waals surface area contributed by atoms with Crippen LogP contribution in [0.4, 0.5) is 0 Å². The number of thioether (sulfide) groups is 1. The van der Waals surface area contributed by atoms with Crippen LogP contribution in [0.3, 0.4) is 0 Å². The van der Waals surface area contributed by atoms with Crippen molar-refractivity contribution in [1.29, 1.82) is 0 Å². The second kappa shape index (κ2) is 10.7. The van der Waals surface area contributed by atoms with Crippen LogP contribution in [-0.4, -0.2) is 6.26 Å². The molecule has 0 aliphatic carbocycles. The predicted octanol–water partition coefficient (Wildman–Crippen LogP) is 6.38. The summed E-state index contributed by atoms with van der Waals surface area (Å²) >= 11 is 5.54. The molecule has 23 heavy (non-hydrogen) atoms. The van der Waals surface area contributed by atoms with Crippen LogP contribution >= 0.6 is 34.4 Å². The van der Waals surface area contributed by atoms with Crippen molar-refractivity contribution in [2.45, 2.75) is 34.1 Å². The number of rotatable bonds is 5. The van der Waals surface area contributed by atoms with Gasteiger partial charge in [0.1, 0.15) is 0 Å². The molecule has 0 atom stereocenters. The lowest BCUT2D eigenvalue weighted by molar-refractivity contribution is 1.29. The number of hydrogen-bond acceptors (Lipinski definition) is 3. The van der Waals surface area contributed by atoms with Crippen molar-refractivity contribution >= 4 is 51.5 Å². The Labute approximate surface area is 153 Å². The largest absolute Gasteiger partial charge is 0.135 e. The van der Waals surface area contributed by atoms with Crippen molar-refractivity contribution in [2.24, 2.45) is 0 Å². The van der Waals surface area contributed by atoms with E-state index in [2.05, 4.69) is 63.1 Å². The van der Waals surface area contributed by atoms with Gasteiger partial charge in [-0.1, -0.05) is 51.7 Å². The quantitative estimate of drug-likeness (QED) is 0.594. The Kier molecular flexibility index (Phi) is 9.30. The van der Waals surface area contributed by atoms with Crippen molar-refractivity contribution < 1.29 is 0 Å². The molecule has 0 aliphatic rings. The van der Waals surface area contributed by atoms with Gasteiger partial charge in [-0.15, -0.1) is 34.4 Å². The molecule has 0 unspecified atom stereocenters. The topological polar surface area (TPSA) is 0 Å². The molecule has 0 saturated carbocycles. The Bertz CT molecular complexity index is 757. The van der Waals surface area contributed by atoms with Crippen molar-refractivity contribution in [3.63, 3.8) is 0 Å². The summed E-state index contributed by atoms with van der Waals surface area (Å²) in [5.74, 6) is 0. The van der Waals surface area contributed by atoms with Crippen LogP contribution in [0, 0.1) is 0 Å². The molecule has 0 N–H and O–H groups in total. The fourth-order valence-electron chi connectivity index (χ4n) is 2.11. The average molecular weight is 363 g/mol. The summed E-state index contributed by atoms with van der Waals surface area (Å²) in [5.41, 5.74) is 0. The number of hydrogen-bond donors (Lipinski definition) is 0. The molecule has 2 aromatic heterocycles. The number of allylic oxidation sites excluding steroid dienone is 2. The lowest BCUT2D eigenvalue weighted by atomic mass is 10.3. The highest BCUT2D eigenvalue weighted by Gasteiger charge is 2.08. The molecule has 0 nitrogen and oxygen atoms in total. The van der Waals surface area contributed by atoms with Gasteiger partial charge in [0.25, 0.3) is 0 Å². The first-order chi connectivity index (χ1) is 11.2. The van der Waals surface area contributed by atoms with E-state index in [-0.39, 0.29) is 0 Å². The minimum atomic E-state index is 1.06. The van der Waals surface area contributed by atoms with Gasteiger partial charge in [0.2, 0.25) is 0 Å². The maximum Gasteiger partial charge on any atom is 0.0455 e. The molecule has 0 aliphatic heterocycles. The van der Waals surface area contributed by atoms with Crippen LogP contribution in [0.15, 0.2) is 36.9 Å². The van der Waals surface area contributed by atoms with E-state index < -0.39 is 0 Å². The van der Waals surface area contributed by atoms with Crippen molar-refractivity contribution in [3.05, 3.63) is 51.6 Å². The lowest BCUT2D eigenvalue weighted by Crippen LogP contribution is -2.16. The minimum Gasteiger partial charge on any atom is -0.135 e. The first-order valence-electron chi connectivity index (χ1n) is 7.97. The highest BCUT2D eigenvalue weighted by molar-refractivity contribution is 8.07. The van der Waals surface area contributed by atoms with Crippen LogP contribution in [0.25, 0.3) is 26.8 Å². The van der Waals surface area contributed by atoms with E-state index in [1.807, 2.05) is 42.6 Å². The molecule has 3 heteroatoms. The van der Waals surface area contributed by atoms with Gasteiger partial charge in [0, 0.05) is 24.1 Å². The van der Waals surface area contributed by atoms with E-state index in [9.17, 15) is 0 Å². The van der Waals surface area contributed by atoms with Gasteiger partial charge >= 0.3 is 0 Å². The lowest BCUT2D eigenvalue weighted by Gasteiger charge is -1.97. The molecule has 0 radical (unpaired) electrons. The summed E-state index contributed by atoms with van der Waals surface area (Å²) in [6.07, 6.45) is 11.6. The summed E-state index contributed by atoms with van der Waals surface area (Å²) < 4.78 is 1.35. The van der Waals surface area contributed by atoms with E-state index in [4.69, 9.17) is 0 Å². The van der Waals surface area contributed by atoms with Crippen LogP contribution in [0.5, 0.6) is 0 Å². The summed E-state index contributed by atoms with van der Waals surface area (Å²) in [5, 5.41) is 1.28. The first-order valence-corrected chi connectivity index (χ1v) is 10.8. The highest BCUT2D eigenvalue weighted by atomic mass is 32.2. The molecule has 0 aromatic carbocycles. The van der Waals surface area contributed by atoms with Gasteiger partial charge in [0.15, 0.2) is 0 Å². The van der Waals surface area contributed by atoms with Gasteiger partial charge in [-0.2, -0.15) is 0 Å². The van der Waals surface area contributed by atoms with E-state index in [0.29, 0.717) is 0 Å². The third kappa shape index (κ3) is 5.23. The smallest absolute Gasteiger partial charge is 0.0455 e. The van der Waals surface area contributed by atoms with E-state index >= 15 is 0 Å². The zero-order valence-corrected chi connectivity index (χ0v) is 17.1. The summed E-state index contributed by atoms with van der Waals surface area (Å²) in [7, 11) is 0. The van der Waals surface area contributed by atoms with E-state index in [1.165, 1.54) is 29.3 Å². The van der Waals surface area contributed by atoms with Gasteiger partial charge < -0.3 is 0 Å². The zero-order chi connectivity index (χ0) is 17.2. The zero-order valence-electron chi connectivity index (χ0n) is 14.7. The first kappa shape index (κ1) is 20.0. The summed E-state index contributed by atoms with van der Waals surface area (Å²) in [6, 6.07) is 6.74. The van der Waals surface area contributed by atoms with Crippen molar-refractivity contribution in [3.8, 4) is 9.75 Å². The van der Waals surface area contributed by atoms with E-state index in [0.717, 1.165) is 6.42 Å². The van der Waals surface area contributed by atoms with Crippen LogP contribution < -0.4 is 9.75 Å². The van der Waals surface area contributed by atoms with Crippen LogP contribution in [-0.2, 0) is 0 Å². The highest BCUT2D eigenvalue weighted by Crippen LogP contribution is 2.36. The van der Waals surface area contributed by atoms with Crippen molar-refractivity contribution in [1.82, 2.24) is 0 Å². The van der Waals surface area contributed by atoms with Crippen LogP contribution in [0.1, 0.15) is 39.0 Å². The SMILES string of the molecule is C=C/C=c1/cc(-c2ccc(/C(=C/C)SC)s2)s/c1=C/CC.CC. The average Bonchev–Trinajstić information content (AvgIpc) is 3.19. The Balaban J connectivity index is 0.00000127. The molecule has 0 saturated heterocycles. The molecule has 2 heterocycles. The van der Waals surface area contributed by atoms with Gasteiger partial charge in [0.05, 0.1) is 0 Å². The molecule has 0 bridgehead atoms. The molecule has 0 fully saturated rings. The van der Waals surface area contributed by atoms with Crippen molar-refractivity contribution in [2.75, 3.05) is 6.26 Å².